The van der Waals surface area contributed by atoms with Crippen molar-refractivity contribution in [3.8, 4) is 0 Å². The summed E-state index contributed by atoms with van der Waals surface area (Å²) in [7, 11) is 1.80. The van der Waals surface area contributed by atoms with E-state index in [1.165, 1.54) is 12.8 Å². The Labute approximate surface area is 125 Å². The fraction of sp³-hybridized carbons (Fsp3) is 0.786. The predicted molar refractivity (Wildman–Crippen MR) is 82.7 cm³/mol. The molecule has 7 nitrogen and oxygen atoms in total. The van der Waals surface area contributed by atoms with E-state index in [4.69, 9.17) is 0 Å². The van der Waals surface area contributed by atoms with Gasteiger partial charge in [0.05, 0.1) is 5.60 Å². The van der Waals surface area contributed by atoms with E-state index in [0.29, 0.717) is 24.4 Å². The second kappa shape index (κ2) is 6.01. The van der Waals surface area contributed by atoms with Gasteiger partial charge in [-0.25, -0.2) is 0 Å². The predicted octanol–water partition coefficient (Wildman–Crippen LogP) is 1.23. The van der Waals surface area contributed by atoms with Crippen molar-refractivity contribution in [2.45, 2.75) is 44.1 Å². The molecule has 1 aromatic rings. The van der Waals surface area contributed by atoms with Crippen molar-refractivity contribution in [1.29, 1.82) is 0 Å². The zero-order valence-corrected chi connectivity index (χ0v) is 12.6. The van der Waals surface area contributed by atoms with Gasteiger partial charge in [-0.1, -0.05) is 12.8 Å². The summed E-state index contributed by atoms with van der Waals surface area (Å²) in [5, 5.41) is 16.6. The van der Waals surface area contributed by atoms with Crippen molar-refractivity contribution in [1.82, 2.24) is 15.0 Å². The minimum absolute atomic E-state index is 0.500. The second-order valence-electron chi connectivity index (χ2n) is 6.01. The van der Waals surface area contributed by atoms with Crippen molar-refractivity contribution in [2.75, 3.05) is 42.2 Å². The summed E-state index contributed by atoms with van der Waals surface area (Å²) in [6, 6.07) is 0. The third-order valence-corrected chi connectivity index (χ3v) is 4.35. The normalized spacial score (nSPS) is 20.8. The van der Waals surface area contributed by atoms with E-state index >= 15 is 0 Å². The molecule has 1 aliphatic carbocycles. The lowest BCUT2D eigenvalue weighted by atomic mass is 10.0. The van der Waals surface area contributed by atoms with E-state index in [1.807, 2.05) is 0 Å². The Morgan fingerprint density at radius 2 is 1.71 bits per heavy atom. The highest BCUT2D eigenvalue weighted by atomic mass is 16.3. The first-order chi connectivity index (χ1) is 10.2. The Bertz CT molecular complexity index is 482. The van der Waals surface area contributed by atoms with Gasteiger partial charge in [0.15, 0.2) is 0 Å². The van der Waals surface area contributed by atoms with Crippen LogP contribution < -0.4 is 15.5 Å². The topological polar surface area (TPSA) is 86.2 Å². The van der Waals surface area contributed by atoms with Crippen LogP contribution in [0.2, 0.25) is 0 Å². The van der Waals surface area contributed by atoms with Crippen molar-refractivity contribution < 1.29 is 5.11 Å². The molecule has 0 bridgehead atoms. The molecule has 0 amide bonds. The lowest BCUT2D eigenvalue weighted by molar-refractivity contribution is 0.0613. The molecule has 0 unspecified atom stereocenters. The molecule has 116 valence electrons. The van der Waals surface area contributed by atoms with Gasteiger partial charge in [0, 0.05) is 26.7 Å². The molecule has 21 heavy (non-hydrogen) atoms. The standard InChI is InChI=1S/C14H24N6O/c1-15-11-17-12(16-10-14(21)6-2-3-7-14)19-13(18-11)20-8-4-5-9-20/h21H,2-10H2,1H3,(H2,15,16,17,18,19). The highest BCUT2D eigenvalue weighted by Gasteiger charge is 2.31. The maximum absolute atomic E-state index is 10.4. The van der Waals surface area contributed by atoms with Gasteiger partial charge in [0.2, 0.25) is 17.8 Å². The SMILES string of the molecule is CNc1nc(NCC2(O)CCCC2)nc(N2CCCC2)n1. The summed E-state index contributed by atoms with van der Waals surface area (Å²) in [6.07, 6.45) is 6.25. The van der Waals surface area contributed by atoms with Crippen LogP contribution in [-0.4, -0.2) is 52.3 Å². The summed E-state index contributed by atoms with van der Waals surface area (Å²) in [5.74, 6) is 1.82. The second-order valence-corrected chi connectivity index (χ2v) is 6.01. The summed E-state index contributed by atoms with van der Waals surface area (Å²) >= 11 is 0. The lowest BCUT2D eigenvalue weighted by Crippen LogP contribution is -2.34. The zero-order chi connectivity index (χ0) is 14.7. The van der Waals surface area contributed by atoms with Crippen LogP contribution in [0.4, 0.5) is 17.8 Å². The molecular formula is C14H24N6O. The number of nitrogens with zero attached hydrogens (tertiary/aromatic N) is 4. The summed E-state index contributed by atoms with van der Waals surface area (Å²) in [4.78, 5) is 15.4. The number of nitrogens with one attached hydrogen (secondary N) is 2. The Morgan fingerprint density at radius 3 is 2.38 bits per heavy atom. The molecule has 1 aromatic heterocycles. The largest absolute Gasteiger partial charge is 0.388 e. The van der Waals surface area contributed by atoms with Crippen LogP contribution >= 0.6 is 0 Å². The quantitative estimate of drug-likeness (QED) is 0.752. The number of aliphatic hydroxyl groups is 1. The van der Waals surface area contributed by atoms with Gasteiger partial charge in [0.1, 0.15) is 0 Å². The molecule has 0 radical (unpaired) electrons. The van der Waals surface area contributed by atoms with Crippen molar-refractivity contribution in [3.63, 3.8) is 0 Å². The molecule has 3 N–H and O–H groups in total. The van der Waals surface area contributed by atoms with Crippen LogP contribution in [0.25, 0.3) is 0 Å². The van der Waals surface area contributed by atoms with Crippen molar-refractivity contribution >= 4 is 17.8 Å². The summed E-state index contributed by atoms with van der Waals surface area (Å²) < 4.78 is 0. The van der Waals surface area contributed by atoms with Gasteiger partial charge >= 0.3 is 0 Å². The molecule has 3 rings (SSSR count). The third kappa shape index (κ3) is 3.34. The van der Waals surface area contributed by atoms with Gasteiger partial charge in [-0.2, -0.15) is 15.0 Å². The van der Waals surface area contributed by atoms with E-state index in [9.17, 15) is 5.11 Å². The molecule has 1 saturated carbocycles. The minimum atomic E-state index is -0.611. The highest BCUT2D eigenvalue weighted by molar-refractivity contribution is 5.44. The average molecular weight is 292 g/mol. The third-order valence-electron chi connectivity index (χ3n) is 4.35. The summed E-state index contributed by atoms with van der Waals surface area (Å²) in [5.41, 5.74) is -0.611. The Balaban J connectivity index is 1.72. The smallest absolute Gasteiger partial charge is 0.231 e. The van der Waals surface area contributed by atoms with E-state index < -0.39 is 5.60 Å². The number of hydrogen-bond donors (Lipinski definition) is 3. The minimum Gasteiger partial charge on any atom is -0.388 e. The van der Waals surface area contributed by atoms with Gasteiger partial charge < -0.3 is 20.6 Å². The van der Waals surface area contributed by atoms with Gasteiger partial charge in [0.25, 0.3) is 0 Å². The first-order valence-corrected chi connectivity index (χ1v) is 7.84. The Morgan fingerprint density at radius 1 is 1.05 bits per heavy atom. The first kappa shape index (κ1) is 14.3. The van der Waals surface area contributed by atoms with Gasteiger partial charge in [-0.3, -0.25) is 0 Å². The van der Waals surface area contributed by atoms with Crippen LogP contribution in [0.5, 0.6) is 0 Å². The molecule has 7 heteroatoms. The fourth-order valence-corrected chi connectivity index (χ4v) is 3.07. The van der Waals surface area contributed by atoms with Crippen LogP contribution in [0.1, 0.15) is 38.5 Å². The average Bonchev–Trinajstić information content (AvgIpc) is 3.17. The fourth-order valence-electron chi connectivity index (χ4n) is 3.07. The highest BCUT2D eigenvalue weighted by Crippen LogP contribution is 2.29. The molecule has 0 aromatic carbocycles. The molecular weight excluding hydrogens is 268 g/mol. The molecule has 2 heterocycles. The molecule has 0 atom stereocenters. The monoisotopic (exact) mass is 292 g/mol. The van der Waals surface area contributed by atoms with E-state index in [0.717, 1.165) is 38.8 Å². The van der Waals surface area contributed by atoms with Crippen LogP contribution in [0, 0.1) is 0 Å². The number of hydrogen-bond acceptors (Lipinski definition) is 7. The molecule has 2 aliphatic rings. The Hall–Kier alpha value is -1.63. The zero-order valence-electron chi connectivity index (χ0n) is 12.6. The van der Waals surface area contributed by atoms with Gasteiger partial charge in [-0.15, -0.1) is 0 Å². The van der Waals surface area contributed by atoms with Crippen LogP contribution in [-0.2, 0) is 0 Å². The molecule has 1 saturated heterocycles. The molecule has 1 aliphatic heterocycles. The first-order valence-electron chi connectivity index (χ1n) is 7.84. The van der Waals surface area contributed by atoms with Crippen LogP contribution in [0.3, 0.4) is 0 Å². The molecule has 0 spiro atoms. The molecule has 2 fully saturated rings. The maximum atomic E-state index is 10.4. The van der Waals surface area contributed by atoms with E-state index in [1.54, 1.807) is 7.05 Å². The van der Waals surface area contributed by atoms with E-state index in [2.05, 4.69) is 30.5 Å². The van der Waals surface area contributed by atoms with Crippen molar-refractivity contribution in [2.24, 2.45) is 0 Å². The van der Waals surface area contributed by atoms with Crippen LogP contribution in [0.15, 0.2) is 0 Å². The lowest BCUT2D eigenvalue weighted by Gasteiger charge is -2.23. The van der Waals surface area contributed by atoms with Gasteiger partial charge in [-0.05, 0) is 25.7 Å². The number of aromatic nitrogens is 3. The Kier molecular flexibility index (Phi) is 4.10. The maximum Gasteiger partial charge on any atom is 0.231 e. The summed E-state index contributed by atoms with van der Waals surface area (Å²) in [6.45, 7) is 2.49. The number of rotatable bonds is 5. The van der Waals surface area contributed by atoms with Crippen molar-refractivity contribution in [3.05, 3.63) is 0 Å². The number of anilines is 3. The van der Waals surface area contributed by atoms with E-state index in [-0.39, 0.29) is 0 Å².